The third-order valence-corrected chi connectivity index (χ3v) is 6.83. The SMILES string of the molecule is O=S(=O)(c1ccc(Cl)c(F)c1Cl)N1CCCCC1CCBr. The molecule has 1 saturated heterocycles. The third kappa shape index (κ3) is 3.55. The van der Waals surface area contributed by atoms with Gasteiger partial charge in [-0.25, -0.2) is 12.8 Å². The molecule has 0 bridgehead atoms. The lowest BCUT2D eigenvalue weighted by Gasteiger charge is -2.34. The van der Waals surface area contributed by atoms with Crippen LogP contribution in [0, 0.1) is 5.82 Å². The highest BCUT2D eigenvalue weighted by Crippen LogP contribution is 2.34. The number of nitrogens with zero attached hydrogens (tertiary/aromatic N) is 1. The molecule has 0 aliphatic carbocycles. The van der Waals surface area contributed by atoms with Crippen LogP contribution in [0.2, 0.25) is 10.0 Å². The van der Waals surface area contributed by atoms with Crippen molar-refractivity contribution in [3.05, 3.63) is 28.0 Å². The molecule has 0 amide bonds. The van der Waals surface area contributed by atoms with Crippen molar-refractivity contribution in [1.29, 1.82) is 0 Å². The minimum absolute atomic E-state index is 0.0852. The number of rotatable bonds is 4. The summed E-state index contributed by atoms with van der Waals surface area (Å²) in [4.78, 5) is -0.215. The fourth-order valence-electron chi connectivity index (χ4n) is 2.54. The fraction of sp³-hybridized carbons (Fsp3) is 0.538. The van der Waals surface area contributed by atoms with Crippen molar-refractivity contribution in [1.82, 2.24) is 4.31 Å². The maximum Gasteiger partial charge on any atom is 0.244 e. The normalized spacial score (nSPS) is 20.7. The fourth-order valence-corrected chi connectivity index (χ4v) is 5.51. The predicted molar refractivity (Wildman–Crippen MR) is 86.4 cm³/mol. The number of benzene rings is 1. The molecule has 2 rings (SSSR count). The molecule has 0 spiro atoms. The number of alkyl halides is 1. The van der Waals surface area contributed by atoms with Crippen molar-refractivity contribution < 1.29 is 12.8 Å². The van der Waals surface area contributed by atoms with E-state index in [1.54, 1.807) is 0 Å². The van der Waals surface area contributed by atoms with Crippen LogP contribution in [0.1, 0.15) is 25.7 Å². The first-order valence-corrected chi connectivity index (χ1v) is 9.92. The molecule has 1 atom stereocenters. The molecule has 1 aliphatic rings. The van der Waals surface area contributed by atoms with Gasteiger partial charge in [-0.05, 0) is 31.4 Å². The Bertz CT molecular complexity index is 625. The Balaban J connectivity index is 2.43. The van der Waals surface area contributed by atoms with E-state index in [-0.39, 0.29) is 16.0 Å². The summed E-state index contributed by atoms with van der Waals surface area (Å²) in [5, 5.41) is 0.0899. The topological polar surface area (TPSA) is 37.4 Å². The van der Waals surface area contributed by atoms with Crippen molar-refractivity contribution in [2.24, 2.45) is 0 Å². The summed E-state index contributed by atoms with van der Waals surface area (Å²) in [6.45, 7) is 0.431. The molecule has 3 nitrogen and oxygen atoms in total. The van der Waals surface area contributed by atoms with Gasteiger partial charge in [0.1, 0.15) is 4.90 Å². The Morgan fingerprint density at radius 1 is 1.33 bits per heavy atom. The lowest BCUT2D eigenvalue weighted by atomic mass is 10.0. The van der Waals surface area contributed by atoms with Gasteiger partial charge in [0.25, 0.3) is 0 Å². The average Bonchev–Trinajstić information content (AvgIpc) is 2.45. The van der Waals surface area contributed by atoms with Crippen LogP contribution >= 0.6 is 39.1 Å². The van der Waals surface area contributed by atoms with Gasteiger partial charge in [0, 0.05) is 17.9 Å². The van der Waals surface area contributed by atoms with Crippen LogP contribution in [-0.4, -0.2) is 30.6 Å². The van der Waals surface area contributed by atoms with Crippen molar-refractivity contribution in [3.8, 4) is 0 Å². The largest absolute Gasteiger partial charge is 0.244 e. The molecule has 0 radical (unpaired) electrons. The molecule has 1 aromatic carbocycles. The second-order valence-corrected chi connectivity index (χ2v) is 8.35. The first-order chi connectivity index (χ1) is 9.89. The monoisotopic (exact) mass is 417 g/mol. The maximum absolute atomic E-state index is 13.8. The van der Waals surface area contributed by atoms with Crippen molar-refractivity contribution in [2.75, 3.05) is 11.9 Å². The molecular formula is C13H15BrCl2FNO2S. The van der Waals surface area contributed by atoms with Gasteiger partial charge in [-0.15, -0.1) is 0 Å². The third-order valence-electron chi connectivity index (χ3n) is 3.60. The number of hydrogen-bond donors (Lipinski definition) is 0. The highest BCUT2D eigenvalue weighted by molar-refractivity contribution is 9.09. The van der Waals surface area contributed by atoms with Crippen LogP contribution in [0.3, 0.4) is 0 Å². The second kappa shape index (κ2) is 7.13. The Labute approximate surface area is 142 Å². The minimum Gasteiger partial charge on any atom is -0.207 e. The van der Waals surface area contributed by atoms with Gasteiger partial charge in [0.15, 0.2) is 5.82 Å². The molecule has 1 fully saturated rings. The lowest BCUT2D eigenvalue weighted by molar-refractivity contribution is 0.248. The zero-order chi connectivity index (χ0) is 15.6. The Hall–Kier alpha value is 0.120. The molecule has 0 saturated carbocycles. The van der Waals surface area contributed by atoms with E-state index in [1.807, 2.05) is 0 Å². The molecule has 1 unspecified atom stereocenters. The van der Waals surface area contributed by atoms with Gasteiger partial charge in [0.2, 0.25) is 10.0 Å². The summed E-state index contributed by atoms with van der Waals surface area (Å²) >= 11 is 14.8. The zero-order valence-electron chi connectivity index (χ0n) is 11.2. The van der Waals surface area contributed by atoms with Gasteiger partial charge >= 0.3 is 0 Å². The Morgan fingerprint density at radius 2 is 2.05 bits per heavy atom. The van der Waals surface area contributed by atoms with Crippen LogP contribution in [0.15, 0.2) is 17.0 Å². The molecule has 0 aromatic heterocycles. The van der Waals surface area contributed by atoms with Crippen LogP contribution in [-0.2, 0) is 10.0 Å². The van der Waals surface area contributed by atoms with Gasteiger partial charge in [-0.1, -0.05) is 45.6 Å². The van der Waals surface area contributed by atoms with E-state index >= 15 is 0 Å². The minimum atomic E-state index is -3.82. The first kappa shape index (κ1) is 17.5. The quantitative estimate of drug-likeness (QED) is 0.534. The standard InChI is InChI=1S/C13H15BrCl2FNO2S/c14-7-6-9-3-1-2-8-18(9)21(19,20)11-5-4-10(15)13(17)12(11)16/h4-5,9H,1-3,6-8H2. The van der Waals surface area contributed by atoms with Gasteiger partial charge in [0.05, 0.1) is 10.0 Å². The van der Waals surface area contributed by atoms with E-state index in [1.165, 1.54) is 16.4 Å². The van der Waals surface area contributed by atoms with E-state index in [4.69, 9.17) is 23.2 Å². The van der Waals surface area contributed by atoms with Gasteiger partial charge in [-0.3, -0.25) is 0 Å². The maximum atomic E-state index is 13.8. The predicted octanol–water partition coefficient (Wildman–Crippen LogP) is 4.46. The van der Waals surface area contributed by atoms with Crippen molar-refractivity contribution in [2.45, 2.75) is 36.6 Å². The number of sulfonamides is 1. The van der Waals surface area contributed by atoms with E-state index in [9.17, 15) is 12.8 Å². The summed E-state index contributed by atoms with van der Waals surface area (Å²) in [6, 6.07) is 2.40. The van der Waals surface area contributed by atoms with Crippen LogP contribution in [0.5, 0.6) is 0 Å². The zero-order valence-corrected chi connectivity index (χ0v) is 15.1. The molecule has 1 aromatic rings. The Morgan fingerprint density at radius 3 is 2.71 bits per heavy atom. The van der Waals surface area contributed by atoms with E-state index in [2.05, 4.69) is 15.9 Å². The molecule has 21 heavy (non-hydrogen) atoms. The smallest absolute Gasteiger partial charge is 0.207 e. The molecular weight excluding hydrogens is 404 g/mol. The van der Waals surface area contributed by atoms with E-state index in [0.29, 0.717) is 18.3 Å². The number of piperidine rings is 1. The molecule has 0 N–H and O–H groups in total. The Kier molecular flexibility index (Phi) is 5.93. The molecule has 1 heterocycles. The lowest BCUT2D eigenvalue weighted by Crippen LogP contribution is -2.43. The summed E-state index contributed by atoms with van der Waals surface area (Å²) in [6.07, 6.45) is 3.31. The molecule has 8 heteroatoms. The van der Waals surface area contributed by atoms with Crippen molar-refractivity contribution in [3.63, 3.8) is 0 Å². The molecule has 1 aliphatic heterocycles. The number of halogens is 4. The van der Waals surface area contributed by atoms with Crippen LogP contribution < -0.4 is 0 Å². The van der Waals surface area contributed by atoms with E-state index in [0.717, 1.165) is 19.3 Å². The molecule has 118 valence electrons. The van der Waals surface area contributed by atoms with Crippen LogP contribution in [0.25, 0.3) is 0 Å². The van der Waals surface area contributed by atoms with Gasteiger partial charge in [-0.2, -0.15) is 4.31 Å². The highest BCUT2D eigenvalue weighted by Gasteiger charge is 2.35. The summed E-state index contributed by atoms with van der Waals surface area (Å²) in [5.41, 5.74) is 0. The highest BCUT2D eigenvalue weighted by atomic mass is 79.9. The summed E-state index contributed by atoms with van der Waals surface area (Å²) in [7, 11) is -3.82. The van der Waals surface area contributed by atoms with Crippen molar-refractivity contribution >= 4 is 49.2 Å². The second-order valence-electron chi connectivity index (χ2n) is 4.92. The number of hydrogen-bond acceptors (Lipinski definition) is 2. The summed E-state index contributed by atoms with van der Waals surface area (Å²) < 4.78 is 40.8. The summed E-state index contributed by atoms with van der Waals surface area (Å²) in [5.74, 6) is -0.895. The van der Waals surface area contributed by atoms with E-state index < -0.39 is 20.9 Å². The van der Waals surface area contributed by atoms with Gasteiger partial charge < -0.3 is 0 Å². The van der Waals surface area contributed by atoms with Crippen LogP contribution in [0.4, 0.5) is 4.39 Å². The average molecular weight is 419 g/mol. The first-order valence-electron chi connectivity index (χ1n) is 6.61.